The standard InChI is InChI=1S/C39H64BrF3N3O7P/c1-3-4-5-6-7-8-9-10-11-12-14-17-20-23-36(47)35(32-53-54(49,50-2)52-31-29-40)44-37(48)24-21-18-15-13-16-19-22-30-51-34-27-25-33(26-28-34)38(45-46-38)39(41,42)43/h20,23,25-28,35-36,47H,3-19,21-22,24,29-32H2,1-2H3,(H,44,48)/b23-20+/t35-,36+,54?/m0/s1. The lowest BCUT2D eigenvalue weighted by Crippen LogP contribution is -2.45. The van der Waals surface area contributed by atoms with E-state index >= 15 is 0 Å². The molecule has 1 aromatic carbocycles. The van der Waals surface area contributed by atoms with E-state index in [1.54, 1.807) is 6.08 Å². The lowest BCUT2D eigenvalue weighted by Gasteiger charge is -2.24. The second-order valence-electron chi connectivity index (χ2n) is 13.8. The Morgan fingerprint density at radius 2 is 1.43 bits per heavy atom. The van der Waals surface area contributed by atoms with E-state index in [9.17, 15) is 27.6 Å². The fourth-order valence-corrected chi connectivity index (χ4v) is 7.30. The average molecular weight is 855 g/mol. The number of carbonyl (C=O) groups is 1. The number of phosphoric ester groups is 1. The molecule has 10 nitrogen and oxygen atoms in total. The Morgan fingerprint density at radius 1 is 0.870 bits per heavy atom. The molecule has 0 saturated carbocycles. The Balaban J connectivity index is 1.63. The van der Waals surface area contributed by atoms with E-state index in [2.05, 4.69) is 38.4 Å². The molecule has 1 heterocycles. The summed E-state index contributed by atoms with van der Waals surface area (Å²) < 4.78 is 73.6. The van der Waals surface area contributed by atoms with Crippen LogP contribution in [0, 0.1) is 0 Å². The van der Waals surface area contributed by atoms with E-state index in [-0.39, 0.29) is 31.1 Å². The van der Waals surface area contributed by atoms with Gasteiger partial charge >= 0.3 is 19.7 Å². The minimum absolute atomic E-state index is 0.0197. The fraction of sp³-hybridized carbons (Fsp3) is 0.769. The van der Waals surface area contributed by atoms with Crippen LogP contribution in [0.5, 0.6) is 5.75 Å². The quantitative estimate of drug-likeness (QED) is 0.0306. The number of alkyl halides is 4. The van der Waals surface area contributed by atoms with Crippen molar-refractivity contribution in [1.82, 2.24) is 5.32 Å². The summed E-state index contributed by atoms with van der Waals surface area (Å²) in [4.78, 5) is 12.8. The zero-order valence-corrected chi connectivity index (χ0v) is 34.8. The Kier molecular flexibility index (Phi) is 24.8. The lowest BCUT2D eigenvalue weighted by atomic mass is 10.0. The number of ether oxygens (including phenoxy) is 1. The molecule has 2 N–H and O–H groups in total. The monoisotopic (exact) mass is 853 g/mol. The van der Waals surface area contributed by atoms with Gasteiger partial charge in [-0.1, -0.05) is 143 Å². The van der Waals surface area contributed by atoms with E-state index in [4.69, 9.17) is 18.3 Å². The molecular formula is C39H64BrF3N3O7P. The van der Waals surface area contributed by atoms with Crippen molar-refractivity contribution < 1.29 is 45.9 Å². The van der Waals surface area contributed by atoms with Crippen LogP contribution in [-0.4, -0.2) is 61.6 Å². The van der Waals surface area contributed by atoms with Crippen molar-refractivity contribution in [2.24, 2.45) is 10.2 Å². The molecule has 0 fully saturated rings. The van der Waals surface area contributed by atoms with Crippen molar-refractivity contribution in [2.45, 2.75) is 159 Å². The summed E-state index contributed by atoms with van der Waals surface area (Å²) in [6.45, 7) is 2.57. The topological polar surface area (TPSA) is 128 Å². The summed E-state index contributed by atoms with van der Waals surface area (Å²) in [5.74, 6) is 0.275. The summed E-state index contributed by atoms with van der Waals surface area (Å²) in [7, 11) is -2.62. The number of aliphatic hydroxyl groups is 1. The van der Waals surface area contributed by atoms with Gasteiger partial charge in [0.25, 0.3) is 0 Å². The van der Waals surface area contributed by atoms with Gasteiger partial charge in [-0.15, -0.1) is 10.2 Å². The highest BCUT2D eigenvalue weighted by atomic mass is 79.9. The largest absolute Gasteiger partial charge is 0.494 e. The maximum absolute atomic E-state index is 13.2. The van der Waals surface area contributed by atoms with Gasteiger partial charge in [0.1, 0.15) is 5.75 Å². The Hall–Kier alpha value is -1.83. The third-order valence-electron chi connectivity index (χ3n) is 9.30. The van der Waals surface area contributed by atoms with Crippen LogP contribution in [0.1, 0.15) is 141 Å². The van der Waals surface area contributed by atoms with E-state index in [1.807, 2.05) is 6.08 Å². The summed E-state index contributed by atoms with van der Waals surface area (Å²) >= 11 is 3.22. The molecule has 15 heteroatoms. The first-order valence-electron chi connectivity index (χ1n) is 19.9. The number of phosphoric acid groups is 1. The third kappa shape index (κ3) is 19.9. The number of hydrogen-bond acceptors (Lipinski definition) is 9. The zero-order valence-electron chi connectivity index (χ0n) is 32.3. The minimum atomic E-state index is -4.55. The fourth-order valence-electron chi connectivity index (χ4n) is 5.95. The summed E-state index contributed by atoms with van der Waals surface area (Å²) in [6.07, 6.45) is 19.3. The highest BCUT2D eigenvalue weighted by molar-refractivity contribution is 9.09. The van der Waals surface area contributed by atoms with Crippen molar-refractivity contribution in [3.05, 3.63) is 42.0 Å². The van der Waals surface area contributed by atoms with Crippen molar-refractivity contribution >= 4 is 29.7 Å². The molecule has 0 bridgehead atoms. The van der Waals surface area contributed by atoms with Gasteiger partial charge in [0, 0.05) is 24.4 Å². The molecule has 310 valence electrons. The van der Waals surface area contributed by atoms with E-state index < -0.39 is 31.8 Å². The highest BCUT2D eigenvalue weighted by Crippen LogP contribution is 2.52. The zero-order chi connectivity index (χ0) is 39.5. The SMILES string of the molecule is CCCCCCCCCCCCC/C=C/[C@@H](O)[C@H](COP(=O)(OC)OCCBr)NC(=O)CCCCCCCCCOc1ccc(C2(C(F)(F)F)N=N2)cc1. The molecule has 0 radical (unpaired) electrons. The first-order chi connectivity index (χ1) is 26.0. The number of amides is 1. The van der Waals surface area contributed by atoms with Crippen LogP contribution in [0.25, 0.3) is 0 Å². The number of unbranched alkanes of at least 4 members (excludes halogenated alkanes) is 17. The summed E-state index contributed by atoms with van der Waals surface area (Å²) in [5, 5.41) is 20.6. The highest BCUT2D eigenvalue weighted by Gasteiger charge is 2.65. The first-order valence-corrected chi connectivity index (χ1v) is 22.5. The molecule has 2 rings (SSSR count). The summed E-state index contributed by atoms with van der Waals surface area (Å²) in [6, 6.07) is 4.88. The van der Waals surface area contributed by atoms with Crippen LogP contribution in [0.2, 0.25) is 0 Å². The number of nitrogens with zero attached hydrogens (tertiary/aromatic N) is 2. The molecule has 1 aliphatic rings. The number of nitrogens with one attached hydrogen (secondary N) is 1. The van der Waals surface area contributed by atoms with Crippen LogP contribution in [0.3, 0.4) is 0 Å². The van der Waals surface area contributed by atoms with Gasteiger partial charge in [-0.2, -0.15) is 13.2 Å². The van der Waals surface area contributed by atoms with Gasteiger partial charge in [-0.3, -0.25) is 18.4 Å². The molecule has 0 spiro atoms. The van der Waals surface area contributed by atoms with Crippen LogP contribution >= 0.6 is 23.8 Å². The molecular weight excluding hydrogens is 790 g/mol. The van der Waals surface area contributed by atoms with Crippen LogP contribution in [0.15, 0.2) is 46.6 Å². The van der Waals surface area contributed by atoms with E-state index in [0.717, 1.165) is 57.8 Å². The van der Waals surface area contributed by atoms with Gasteiger partial charge in [0.05, 0.1) is 32.0 Å². The minimum Gasteiger partial charge on any atom is -0.494 e. The van der Waals surface area contributed by atoms with Gasteiger partial charge in [0.2, 0.25) is 5.91 Å². The van der Waals surface area contributed by atoms with Crippen LogP contribution in [-0.2, 0) is 28.6 Å². The molecule has 1 aliphatic heterocycles. The van der Waals surface area contributed by atoms with Crippen LogP contribution in [0.4, 0.5) is 13.2 Å². The molecule has 3 atom stereocenters. The number of halogens is 4. The Labute approximate surface area is 329 Å². The van der Waals surface area contributed by atoms with E-state index in [1.165, 1.54) is 89.2 Å². The van der Waals surface area contributed by atoms with Crippen molar-refractivity contribution in [3.63, 3.8) is 0 Å². The van der Waals surface area contributed by atoms with Crippen LogP contribution < -0.4 is 10.1 Å². The predicted molar refractivity (Wildman–Crippen MR) is 210 cm³/mol. The molecule has 0 aromatic heterocycles. The van der Waals surface area contributed by atoms with Gasteiger partial charge in [0.15, 0.2) is 0 Å². The number of hydrogen-bond donors (Lipinski definition) is 2. The molecule has 0 saturated heterocycles. The molecule has 54 heavy (non-hydrogen) atoms. The first kappa shape index (κ1) is 48.3. The number of benzene rings is 1. The van der Waals surface area contributed by atoms with Gasteiger partial charge < -0.3 is 15.2 Å². The lowest BCUT2D eigenvalue weighted by molar-refractivity contribution is -0.166. The molecule has 1 aromatic rings. The number of carbonyl (C=O) groups excluding carboxylic acids is 1. The maximum Gasteiger partial charge on any atom is 0.474 e. The molecule has 1 amide bonds. The number of rotatable bonds is 34. The average Bonchev–Trinajstić information content (AvgIpc) is 3.98. The smallest absolute Gasteiger partial charge is 0.474 e. The normalized spacial score (nSPS) is 16.0. The van der Waals surface area contributed by atoms with E-state index in [0.29, 0.717) is 24.1 Å². The van der Waals surface area contributed by atoms with Gasteiger partial charge in [-0.25, -0.2) is 4.57 Å². The van der Waals surface area contributed by atoms with Crippen molar-refractivity contribution in [2.75, 3.05) is 32.3 Å². The second-order valence-corrected chi connectivity index (χ2v) is 16.4. The maximum atomic E-state index is 13.2. The van der Waals surface area contributed by atoms with Crippen molar-refractivity contribution in [1.29, 1.82) is 0 Å². The Morgan fingerprint density at radius 3 is 1.96 bits per heavy atom. The Bertz CT molecular complexity index is 1250. The second kappa shape index (κ2) is 27.7. The molecule has 0 aliphatic carbocycles. The third-order valence-corrected chi connectivity index (χ3v) is 11.0. The number of aliphatic hydroxyl groups excluding tert-OH is 1. The molecule has 1 unspecified atom stereocenters. The predicted octanol–water partition coefficient (Wildman–Crippen LogP) is 11.7. The van der Waals surface area contributed by atoms with Gasteiger partial charge in [-0.05, 0) is 37.8 Å². The summed E-state index contributed by atoms with van der Waals surface area (Å²) in [5.41, 5.74) is -2.44. The number of allylic oxidation sites excluding steroid dienone is 1. The van der Waals surface area contributed by atoms with Crippen molar-refractivity contribution in [3.8, 4) is 5.75 Å².